The average Bonchev–Trinajstić information content (AvgIpc) is 2.37. The summed E-state index contributed by atoms with van der Waals surface area (Å²) in [7, 11) is 1.97. The molecule has 2 N–H and O–H groups in total. The third-order valence-corrected chi connectivity index (χ3v) is 1.48. The number of aromatic nitrogens is 2. The Labute approximate surface area is 66.5 Å². The fraction of sp³-hybridized carbons (Fsp3) is 0.375. The average molecular weight is 151 g/mol. The highest BCUT2D eigenvalue weighted by atomic mass is 15.0. The summed E-state index contributed by atoms with van der Waals surface area (Å²) in [5.74, 6) is 0. The van der Waals surface area contributed by atoms with Gasteiger partial charge in [-0.2, -0.15) is 0 Å². The lowest BCUT2D eigenvalue weighted by molar-refractivity contribution is 0.901. The first-order valence-corrected chi connectivity index (χ1v) is 3.67. The molecule has 0 aliphatic heterocycles. The molecule has 0 saturated heterocycles. The van der Waals surface area contributed by atoms with Crippen LogP contribution in [0.5, 0.6) is 0 Å². The van der Waals surface area contributed by atoms with Crippen molar-refractivity contribution in [3.8, 4) is 0 Å². The van der Waals surface area contributed by atoms with Crippen molar-refractivity contribution in [1.29, 1.82) is 0 Å². The van der Waals surface area contributed by atoms with Gasteiger partial charge in [0.25, 0.3) is 0 Å². The van der Waals surface area contributed by atoms with Crippen LogP contribution in [0.3, 0.4) is 0 Å². The normalized spacial score (nSPS) is 11.1. The molecular formula is C8H13N3. The van der Waals surface area contributed by atoms with Gasteiger partial charge in [-0.05, 0) is 19.0 Å². The summed E-state index contributed by atoms with van der Waals surface area (Å²) >= 11 is 0. The highest BCUT2D eigenvalue weighted by Crippen LogP contribution is 1.99. The standard InChI is InChI=1S/C8H13N3/c1-11-7-10-6-8(11)4-2-3-5-9/h2,4,6-7H,3,5,9H2,1H3. The largest absolute Gasteiger partial charge is 0.334 e. The van der Waals surface area contributed by atoms with Crippen molar-refractivity contribution in [3.05, 3.63) is 24.3 Å². The molecule has 0 atom stereocenters. The Morgan fingerprint density at radius 3 is 3.09 bits per heavy atom. The molecule has 3 heteroatoms. The van der Waals surface area contributed by atoms with Crippen molar-refractivity contribution < 1.29 is 0 Å². The van der Waals surface area contributed by atoms with E-state index in [0.717, 1.165) is 12.1 Å². The molecular weight excluding hydrogens is 138 g/mol. The van der Waals surface area contributed by atoms with Crippen LogP contribution in [0, 0.1) is 0 Å². The molecule has 1 aromatic heterocycles. The highest BCUT2D eigenvalue weighted by molar-refractivity contribution is 5.43. The molecule has 0 spiro atoms. The van der Waals surface area contributed by atoms with Gasteiger partial charge in [0.05, 0.1) is 18.2 Å². The zero-order chi connectivity index (χ0) is 8.10. The van der Waals surface area contributed by atoms with Gasteiger partial charge in [-0.25, -0.2) is 4.98 Å². The quantitative estimate of drug-likeness (QED) is 0.693. The molecule has 0 aliphatic rings. The lowest BCUT2D eigenvalue weighted by Crippen LogP contribution is -1.95. The van der Waals surface area contributed by atoms with E-state index >= 15 is 0 Å². The van der Waals surface area contributed by atoms with Crippen LogP contribution in [-0.2, 0) is 7.05 Å². The topological polar surface area (TPSA) is 43.8 Å². The summed E-state index contributed by atoms with van der Waals surface area (Å²) in [5, 5.41) is 0. The van der Waals surface area contributed by atoms with Crippen molar-refractivity contribution in [2.24, 2.45) is 12.8 Å². The summed E-state index contributed by atoms with van der Waals surface area (Å²) in [6.07, 6.45) is 8.61. The monoisotopic (exact) mass is 151 g/mol. The first-order chi connectivity index (χ1) is 5.34. The van der Waals surface area contributed by atoms with E-state index < -0.39 is 0 Å². The van der Waals surface area contributed by atoms with E-state index in [0.29, 0.717) is 6.54 Å². The second kappa shape index (κ2) is 3.93. The number of nitrogens with two attached hydrogens (primary N) is 1. The molecule has 60 valence electrons. The predicted octanol–water partition coefficient (Wildman–Crippen LogP) is 0.782. The number of hydrogen-bond acceptors (Lipinski definition) is 2. The maximum absolute atomic E-state index is 5.33. The van der Waals surface area contributed by atoms with Gasteiger partial charge in [-0.1, -0.05) is 6.08 Å². The molecule has 0 bridgehead atoms. The summed E-state index contributed by atoms with van der Waals surface area (Å²) in [6, 6.07) is 0. The maximum Gasteiger partial charge on any atom is 0.0948 e. The Kier molecular flexibility index (Phi) is 2.86. The molecule has 1 aromatic rings. The van der Waals surface area contributed by atoms with E-state index in [-0.39, 0.29) is 0 Å². The summed E-state index contributed by atoms with van der Waals surface area (Å²) in [4.78, 5) is 3.98. The molecule has 0 fully saturated rings. The molecule has 11 heavy (non-hydrogen) atoms. The number of rotatable bonds is 3. The van der Waals surface area contributed by atoms with Gasteiger partial charge in [0.1, 0.15) is 0 Å². The van der Waals surface area contributed by atoms with Crippen LogP contribution >= 0.6 is 0 Å². The molecule has 1 heterocycles. The molecule has 0 amide bonds. The number of aryl methyl sites for hydroxylation is 1. The lowest BCUT2D eigenvalue weighted by Gasteiger charge is -1.92. The van der Waals surface area contributed by atoms with E-state index in [1.165, 1.54) is 0 Å². The van der Waals surface area contributed by atoms with E-state index in [2.05, 4.69) is 11.1 Å². The molecule has 0 aliphatic carbocycles. The number of nitrogens with zero attached hydrogens (tertiary/aromatic N) is 2. The Hall–Kier alpha value is -1.09. The van der Waals surface area contributed by atoms with Gasteiger partial charge in [0, 0.05) is 7.05 Å². The zero-order valence-electron chi connectivity index (χ0n) is 6.70. The van der Waals surface area contributed by atoms with Crippen LogP contribution in [-0.4, -0.2) is 16.1 Å². The molecule has 0 aromatic carbocycles. The van der Waals surface area contributed by atoms with Crippen molar-refractivity contribution in [1.82, 2.24) is 9.55 Å². The second-order valence-corrected chi connectivity index (χ2v) is 2.41. The van der Waals surface area contributed by atoms with Gasteiger partial charge in [-0.15, -0.1) is 0 Å². The van der Waals surface area contributed by atoms with Crippen molar-refractivity contribution in [2.75, 3.05) is 6.54 Å². The first kappa shape index (κ1) is 8.01. The zero-order valence-corrected chi connectivity index (χ0v) is 6.70. The third-order valence-electron chi connectivity index (χ3n) is 1.48. The van der Waals surface area contributed by atoms with Crippen LogP contribution in [0.4, 0.5) is 0 Å². The third kappa shape index (κ3) is 2.20. The van der Waals surface area contributed by atoms with Gasteiger partial charge >= 0.3 is 0 Å². The molecule has 3 nitrogen and oxygen atoms in total. The van der Waals surface area contributed by atoms with E-state index in [4.69, 9.17) is 5.73 Å². The van der Waals surface area contributed by atoms with Crippen molar-refractivity contribution in [3.63, 3.8) is 0 Å². The Morgan fingerprint density at radius 2 is 2.55 bits per heavy atom. The van der Waals surface area contributed by atoms with Crippen molar-refractivity contribution >= 4 is 6.08 Å². The van der Waals surface area contributed by atoms with Crippen LogP contribution in [0.2, 0.25) is 0 Å². The minimum absolute atomic E-state index is 0.703. The minimum Gasteiger partial charge on any atom is -0.334 e. The fourth-order valence-corrected chi connectivity index (χ4v) is 0.828. The number of hydrogen-bond donors (Lipinski definition) is 1. The molecule has 1 rings (SSSR count). The highest BCUT2D eigenvalue weighted by Gasteiger charge is 1.89. The molecule has 0 saturated carbocycles. The second-order valence-electron chi connectivity index (χ2n) is 2.41. The Bertz CT molecular complexity index is 237. The molecule has 0 unspecified atom stereocenters. The summed E-state index contributed by atoms with van der Waals surface area (Å²) in [5.41, 5.74) is 6.44. The smallest absolute Gasteiger partial charge is 0.0948 e. The first-order valence-electron chi connectivity index (χ1n) is 3.67. The lowest BCUT2D eigenvalue weighted by atomic mass is 10.3. The van der Waals surface area contributed by atoms with Gasteiger partial charge in [-0.3, -0.25) is 0 Å². The molecule has 0 radical (unpaired) electrons. The van der Waals surface area contributed by atoms with E-state index in [1.54, 1.807) is 6.33 Å². The SMILES string of the molecule is Cn1cncc1C=CCCN. The van der Waals surface area contributed by atoms with Crippen LogP contribution in [0.15, 0.2) is 18.6 Å². The summed E-state index contributed by atoms with van der Waals surface area (Å²) in [6.45, 7) is 0.703. The maximum atomic E-state index is 5.33. The fourth-order valence-electron chi connectivity index (χ4n) is 0.828. The van der Waals surface area contributed by atoms with Crippen molar-refractivity contribution in [2.45, 2.75) is 6.42 Å². The van der Waals surface area contributed by atoms with Crippen LogP contribution in [0.25, 0.3) is 6.08 Å². The van der Waals surface area contributed by atoms with E-state index in [9.17, 15) is 0 Å². The van der Waals surface area contributed by atoms with Crippen LogP contribution < -0.4 is 5.73 Å². The van der Waals surface area contributed by atoms with Crippen LogP contribution in [0.1, 0.15) is 12.1 Å². The van der Waals surface area contributed by atoms with Gasteiger partial charge in [0.15, 0.2) is 0 Å². The summed E-state index contributed by atoms with van der Waals surface area (Å²) < 4.78 is 1.97. The predicted molar refractivity (Wildman–Crippen MR) is 45.9 cm³/mol. The van der Waals surface area contributed by atoms with Gasteiger partial charge < -0.3 is 10.3 Å². The van der Waals surface area contributed by atoms with E-state index in [1.807, 2.05) is 23.9 Å². The van der Waals surface area contributed by atoms with Gasteiger partial charge in [0.2, 0.25) is 0 Å². The Balaban J connectivity index is 2.56. The minimum atomic E-state index is 0.703. The number of imidazole rings is 1. The Morgan fingerprint density at radius 1 is 1.73 bits per heavy atom.